The van der Waals surface area contributed by atoms with Gasteiger partial charge in [-0.1, -0.05) is 13.8 Å². The third-order valence-electron chi connectivity index (χ3n) is 2.33. The summed E-state index contributed by atoms with van der Waals surface area (Å²) < 4.78 is 0.933. The highest BCUT2D eigenvalue weighted by Crippen LogP contribution is 2.18. The monoisotopic (exact) mass is 267 g/mol. The quantitative estimate of drug-likeness (QED) is 0.843. The van der Waals surface area contributed by atoms with Crippen molar-refractivity contribution in [2.45, 2.75) is 19.9 Å². The van der Waals surface area contributed by atoms with Crippen molar-refractivity contribution in [2.75, 3.05) is 13.1 Å². The Morgan fingerprint density at radius 2 is 2.13 bits per heavy atom. The molecule has 0 aliphatic carbocycles. The van der Waals surface area contributed by atoms with E-state index in [9.17, 15) is 0 Å². The van der Waals surface area contributed by atoms with Crippen LogP contribution in [0.3, 0.4) is 0 Å². The van der Waals surface area contributed by atoms with Crippen molar-refractivity contribution >= 4 is 15.9 Å². The van der Waals surface area contributed by atoms with Crippen LogP contribution in [0.5, 0.6) is 0 Å². The average molecular weight is 268 g/mol. The van der Waals surface area contributed by atoms with E-state index in [-0.39, 0.29) is 6.04 Å². The van der Waals surface area contributed by atoms with Crippen LogP contribution in [0.15, 0.2) is 22.8 Å². The van der Waals surface area contributed by atoms with Gasteiger partial charge < -0.3 is 0 Å². The van der Waals surface area contributed by atoms with E-state index in [0.29, 0.717) is 0 Å². The van der Waals surface area contributed by atoms with E-state index in [4.69, 9.17) is 5.26 Å². The molecule has 80 valence electrons. The van der Waals surface area contributed by atoms with Gasteiger partial charge in [0.25, 0.3) is 0 Å². The Kier molecular flexibility index (Phi) is 4.73. The van der Waals surface area contributed by atoms with Gasteiger partial charge in [-0.15, -0.1) is 0 Å². The standard InChI is InChI=1S/C11H14BrN3/c1-3-15(4-2)11(7-13)10-6-5-9(12)8-14-10/h5-6,8,11H,3-4H2,1-2H3. The van der Waals surface area contributed by atoms with Crippen molar-refractivity contribution < 1.29 is 0 Å². The minimum atomic E-state index is -0.243. The van der Waals surface area contributed by atoms with E-state index in [1.54, 1.807) is 6.20 Å². The molecule has 0 fully saturated rings. The van der Waals surface area contributed by atoms with E-state index >= 15 is 0 Å². The highest BCUT2D eigenvalue weighted by Gasteiger charge is 2.17. The van der Waals surface area contributed by atoms with Gasteiger partial charge in [0.15, 0.2) is 0 Å². The van der Waals surface area contributed by atoms with E-state index in [1.165, 1.54) is 0 Å². The molecule has 0 aliphatic rings. The first-order valence-corrected chi connectivity index (χ1v) is 5.77. The van der Waals surface area contributed by atoms with Gasteiger partial charge in [0.2, 0.25) is 0 Å². The Morgan fingerprint density at radius 3 is 2.53 bits per heavy atom. The van der Waals surface area contributed by atoms with Gasteiger partial charge in [-0.25, -0.2) is 0 Å². The first-order chi connectivity index (χ1) is 7.22. The Bertz CT molecular complexity index is 338. The molecule has 0 N–H and O–H groups in total. The van der Waals surface area contributed by atoms with Crippen LogP contribution in [0.4, 0.5) is 0 Å². The number of rotatable bonds is 4. The molecule has 4 heteroatoms. The minimum Gasteiger partial charge on any atom is -0.284 e. The highest BCUT2D eigenvalue weighted by atomic mass is 79.9. The van der Waals surface area contributed by atoms with Gasteiger partial charge in [0.05, 0.1) is 11.8 Å². The normalized spacial score (nSPS) is 12.5. The van der Waals surface area contributed by atoms with E-state index in [0.717, 1.165) is 23.3 Å². The number of nitrogens with zero attached hydrogens (tertiary/aromatic N) is 3. The number of aromatic nitrogens is 1. The minimum absolute atomic E-state index is 0.243. The van der Waals surface area contributed by atoms with Crippen LogP contribution >= 0.6 is 15.9 Å². The predicted octanol–water partition coefficient (Wildman–Crippen LogP) is 2.75. The largest absolute Gasteiger partial charge is 0.284 e. The second-order valence-corrected chi connectivity index (χ2v) is 4.07. The Balaban J connectivity index is 2.92. The van der Waals surface area contributed by atoms with Crippen molar-refractivity contribution in [1.82, 2.24) is 9.88 Å². The molecule has 1 unspecified atom stereocenters. The summed E-state index contributed by atoms with van der Waals surface area (Å²) in [5, 5.41) is 9.14. The summed E-state index contributed by atoms with van der Waals surface area (Å²) in [4.78, 5) is 6.33. The summed E-state index contributed by atoms with van der Waals surface area (Å²) >= 11 is 3.33. The lowest BCUT2D eigenvalue weighted by molar-refractivity contribution is 0.258. The summed E-state index contributed by atoms with van der Waals surface area (Å²) in [6.07, 6.45) is 1.73. The number of halogens is 1. The smallest absolute Gasteiger partial charge is 0.140 e. The summed E-state index contributed by atoms with van der Waals surface area (Å²) in [5.74, 6) is 0. The van der Waals surface area contributed by atoms with Crippen LogP contribution in [0.2, 0.25) is 0 Å². The third-order valence-corrected chi connectivity index (χ3v) is 2.80. The van der Waals surface area contributed by atoms with Crippen LogP contribution in [-0.4, -0.2) is 23.0 Å². The van der Waals surface area contributed by atoms with Gasteiger partial charge in [-0.3, -0.25) is 9.88 Å². The maximum atomic E-state index is 9.14. The summed E-state index contributed by atoms with van der Waals surface area (Å²) in [6.45, 7) is 5.80. The molecule has 3 nitrogen and oxygen atoms in total. The van der Waals surface area contributed by atoms with Crippen molar-refractivity contribution in [2.24, 2.45) is 0 Å². The fourth-order valence-corrected chi connectivity index (χ4v) is 1.71. The van der Waals surface area contributed by atoms with Crippen molar-refractivity contribution in [1.29, 1.82) is 5.26 Å². The number of pyridine rings is 1. The maximum Gasteiger partial charge on any atom is 0.140 e. The maximum absolute atomic E-state index is 9.14. The molecule has 0 saturated carbocycles. The molecule has 0 aliphatic heterocycles. The summed E-state index contributed by atoms with van der Waals surface area (Å²) in [6, 6.07) is 5.84. The van der Waals surface area contributed by atoms with Gasteiger partial charge in [0.1, 0.15) is 6.04 Å². The zero-order valence-corrected chi connectivity index (χ0v) is 10.5. The molecule has 1 rings (SSSR count). The Labute approximate surface area is 98.9 Å². The summed E-state index contributed by atoms with van der Waals surface area (Å²) in [5.41, 5.74) is 0.810. The average Bonchev–Trinajstić information content (AvgIpc) is 2.27. The van der Waals surface area contributed by atoms with Gasteiger partial charge >= 0.3 is 0 Å². The van der Waals surface area contributed by atoms with Crippen molar-refractivity contribution in [3.05, 3.63) is 28.5 Å². The second kappa shape index (κ2) is 5.84. The number of nitriles is 1. The zero-order valence-electron chi connectivity index (χ0n) is 8.94. The first-order valence-electron chi connectivity index (χ1n) is 4.98. The number of hydrogen-bond donors (Lipinski definition) is 0. The van der Waals surface area contributed by atoms with Crippen LogP contribution in [0.1, 0.15) is 25.6 Å². The molecule has 0 aromatic carbocycles. The molecule has 1 aromatic rings. The highest BCUT2D eigenvalue weighted by molar-refractivity contribution is 9.10. The fraction of sp³-hybridized carbons (Fsp3) is 0.455. The zero-order chi connectivity index (χ0) is 11.3. The molecule has 1 atom stereocenters. The Hall–Kier alpha value is -0.920. The Morgan fingerprint density at radius 1 is 1.47 bits per heavy atom. The first kappa shape index (κ1) is 12.2. The molecule has 0 amide bonds. The van der Waals surface area contributed by atoms with E-state index in [2.05, 4.69) is 31.9 Å². The molecule has 0 saturated heterocycles. The SMILES string of the molecule is CCN(CC)C(C#N)c1ccc(Br)cn1. The lowest BCUT2D eigenvalue weighted by atomic mass is 10.2. The van der Waals surface area contributed by atoms with Gasteiger partial charge in [-0.05, 0) is 41.2 Å². The van der Waals surface area contributed by atoms with E-state index < -0.39 is 0 Å². The number of hydrogen-bond acceptors (Lipinski definition) is 3. The van der Waals surface area contributed by atoms with Crippen LogP contribution in [-0.2, 0) is 0 Å². The van der Waals surface area contributed by atoms with Crippen molar-refractivity contribution in [3.63, 3.8) is 0 Å². The fourth-order valence-electron chi connectivity index (χ4n) is 1.47. The molecule has 0 spiro atoms. The van der Waals surface area contributed by atoms with Crippen LogP contribution in [0.25, 0.3) is 0 Å². The predicted molar refractivity (Wildman–Crippen MR) is 63.2 cm³/mol. The van der Waals surface area contributed by atoms with Crippen LogP contribution < -0.4 is 0 Å². The molecular weight excluding hydrogens is 254 g/mol. The lowest BCUT2D eigenvalue weighted by Crippen LogP contribution is -2.28. The van der Waals surface area contributed by atoms with Crippen LogP contribution in [0, 0.1) is 11.3 Å². The van der Waals surface area contributed by atoms with Crippen molar-refractivity contribution in [3.8, 4) is 6.07 Å². The molecule has 1 aromatic heterocycles. The molecule has 15 heavy (non-hydrogen) atoms. The van der Waals surface area contributed by atoms with E-state index in [1.807, 2.05) is 26.0 Å². The second-order valence-electron chi connectivity index (χ2n) is 3.15. The topological polar surface area (TPSA) is 39.9 Å². The molecule has 0 radical (unpaired) electrons. The molecular formula is C11H14BrN3. The van der Waals surface area contributed by atoms with Gasteiger partial charge in [0, 0.05) is 10.7 Å². The third kappa shape index (κ3) is 3.01. The molecule has 0 bridgehead atoms. The molecule has 1 heterocycles. The lowest BCUT2D eigenvalue weighted by Gasteiger charge is -2.23. The summed E-state index contributed by atoms with van der Waals surface area (Å²) in [7, 11) is 0. The van der Waals surface area contributed by atoms with Gasteiger partial charge in [-0.2, -0.15) is 5.26 Å².